The fraction of sp³-hybridized carbons (Fsp3) is 0.385. The highest BCUT2D eigenvalue weighted by molar-refractivity contribution is 7.21. The third-order valence-corrected chi connectivity index (χ3v) is 8.67. The lowest BCUT2D eigenvalue weighted by molar-refractivity contribution is -0.148. The third kappa shape index (κ3) is 4.52. The highest BCUT2D eigenvalue weighted by Crippen LogP contribution is 2.40. The first-order chi connectivity index (χ1) is 18.6. The Hall–Kier alpha value is -3.61. The molecule has 4 aromatic rings. The molecule has 1 fully saturated rings. The number of benzene rings is 1. The smallest absolute Gasteiger partial charge is 0.263 e. The fourth-order valence-corrected chi connectivity index (χ4v) is 6.06. The van der Waals surface area contributed by atoms with Crippen molar-refractivity contribution in [2.75, 3.05) is 32.0 Å². The highest BCUT2D eigenvalue weighted by Gasteiger charge is 2.40. The molecule has 1 saturated heterocycles. The van der Waals surface area contributed by atoms with E-state index in [9.17, 15) is 9.59 Å². The molecule has 2 N–H and O–H groups in total. The van der Waals surface area contributed by atoms with Crippen molar-refractivity contribution in [3.05, 3.63) is 40.3 Å². The number of nitrogens with zero attached hydrogens (tertiary/aromatic N) is 6. The van der Waals surface area contributed by atoms with Crippen LogP contribution in [0.5, 0.6) is 11.8 Å². The Kier molecular flexibility index (Phi) is 6.28. The monoisotopic (exact) mass is 566 g/mol. The van der Waals surface area contributed by atoms with E-state index in [1.54, 1.807) is 11.1 Å². The van der Waals surface area contributed by atoms with Crippen molar-refractivity contribution in [3.63, 3.8) is 0 Å². The molecule has 39 heavy (non-hydrogen) atoms. The van der Waals surface area contributed by atoms with E-state index in [1.807, 2.05) is 44.9 Å². The summed E-state index contributed by atoms with van der Waals surface area (Å²) in [6.45, 7) is 7.98. The van der Waals surface area contributed by atoms with Crippen molar-refractivity contribution in [1.82, 2.24) is 35.1 Å². The molecule has 1 atom stereocenters. The standard InChI is InChI=1S/C26H27ClN8O3S/c1-13-9-28-20-18-16(39-21(20)22(36)31-13)6-5-15-19(18)29-11-17(32-15)38-23-14(10-30-25(27)33-23)12-35-8-7-34(4)26(2,3)24(35)37/h5-6,10-11,13,28H,7-9,12H2,1-4H3,(H,31,36)/t13-/m1/s1. The summed E-state index contributed by atoms with van der Waals surface area (Å²) in [5, 5.41) is 7.28. The Bertz CT molecular complexity index is 1640. The second-order valence-corrected chi connectivity index (χ2v) is 11.7. The van der Waals surface area contributed by atoms with Crippen molar-refractivity contribution in [2.24, 2.45) is 0 Å². The van der Waals surface area contributed by atoms with Gasteiger partial charge in [0.05, 0.1) is 40.6 Å². The van der Waals surface area contributed by atoms with Crippen LogP contribution in [0.2, 0.25) is 5.28 Å². The molecule has 5 heterocycles. The molecule has 13 heteroatoms. The van der Waals surface area contributed by atoms with Gasteiger partial charge in [0, 0.05) is 42.0 Å². The molecule has 0 aliphatic carbocycles. The van der Waals surface area contributed by atoms with Gasteiger partial charge in [-0.05, 0) is 51.6 Å². The van der Waals surface area contributed by atoms with Gasteiger partial charge in [-0.25, -0.2) is 15.0 Å². The molecule has 0 bridgehead atoms. The van der Waals surface area contributed by atoms with Gasteiger partial charge in [-0.15, -0.1) is 11.3 Å². The molecule has 1 aromatic carbocycles. The Morgan fingerprint density at radius 2 is 2.00 bits per heavy atom. The van der Waals surface area contributed by atoms with Crippen LogP contribution in [0, 0.1) is 0 Å². The van der Waals surface area contributed by atoms with Gasteiger partial charge in [0.25, 0.3) is 5.91 Å². The van der Waals surface area contributed by atoms with E-state index < -0.39 is 5.54 Å². The van der Waals surface area contributed by atoms with Crippen LogP contribution >= 0.6 is 22.9 Å². The van der Waals surface area contributed by atoms with Gasteiger partial charge in [-0.2, -0.15) is 4.98 Å². The normalized spacial score (nSPS) is 19.5. The molecule has 0 spiro atoms. The minimum atomic E-state index is -0.616. The quantitative estimate of drug-likeness (QED) is 0.356. The molecule has 2 aliphatic heterocycles. The zero-order chi connectivity index (χ0) is 27.5. The molecule has 0 saturated carbocycles. The van der Waals surface area contributed by atoms with Crippen LogP contribution in [-0.2, 0) is 11.3 Å². The summed E-state index contributed by atoms with van der Waals surface area (Å²) in [6, 6.07) is 3.79. The summed E-state index contributed by atoms with van der Waals surface area (Å²) in [5.74, 6) is 0.355. The molecule has 0 unspecified atom stereocenters. The third-order valence-electron chi connectivity index (χ3n) is 7.34. The summed E-state index contributed by atoms with van der Waals surface area (Å²) < 4.78 is 7.01. The number of amides is 2. The number of halogens is 1. The van der Waals surface area contributed by atoms with Gasteiger partial charge in [0.15, 0.2) is 0 Å². The van der Waals surface area contributed by atoms with Crippen LogP contribution in [0.15, 0.2) is 24.5 Å². The average Bonchev–Trinajstić information content (AvgIpc) is 3.22. The lowest BCUT2D eigenvalue weighted by Gasteiger charge is -2.44. The number of aromatic nitrogens is 4. The Labute approximate surface area is 233 Å². The first kappa shape index (κ1) is 25.7. The zero-order valence-electron chi connectivity index (χ0n) is 21.9. The van der Waals surface area contributed by atoms with E-state index in [1.165, 1.54) is 17.5 Å². The maximum Gasteiger partial charge on any atom is 0.263 e. The number of fused-ring (bicyclic) bond motifs is 5. The van der Waals surface area contributed by atoms with Crippen LogP contribution in [0.25, 0.3) is 21.1 Å². The minimum absolute atomic E-state index is 0.00862. The van der Waals surface area contributed by atoms with E-state index in [0.717, 1.165) is 22.3 Å². The summed E-state index contributed by atoms with van der Waals surface area (Å²) in [5.41, 5.74) is 2.04. The number of hydrogen-bond acceptors (Lipinski definition) is 10. The van der Waals surface area contributed by atoms with Crippen LogP contribution in [-0.4, -0.2) is 79.8 Å². The van der Waals surface area contributed by atoms with Gasteiger partial charge >= 0.3 is 0 Å². The lowest BCUT2D eigenvalue weighted by atomic mass is 9.98. The molecule has 11 nitrogen and oxygen atoms in total. The van der Waals surface area contributed by atoms with Crippen molar-refractivity contribution in [2.45, 2.75) is 38.9 Å². The van der Waals surface area contributed by atoms with Gasteiger partial charge in [0.2, 0.25) is 23.0 Å². The van der Waals surface area contributed by atoms with E-state index in [0.29, 0.717) is 34.6 Å². The number of carbonyl (C=O) groups excluding carboxylic acids is 2. The maximum atomic E-state index is 13.1. The topological polar surface area (TPSA) is 125 Å². The number of ether oxygens (including phenoxy) is 1. The van der Waals surface area contributed by atoms with Crippen LogP contribution < -0.4 is 15.4 Å². The van der Waals surface area contributed by atoms with Crippen molar-refractivity contribution < 1.29 is 14.3 Å². The first-order valence-corrected chi connectivity index (χ1v) is 13.8. The first-order valence-electron chi connectivity index (χ1n) is 12.6. The Morgan fingerprint density at radius 3 is 2.82 bits per heavy atom. The number of likely N-dealkylation sites (N-methyl/N-ethyl adjacent to an activating group) is 1. The SMILES string of the molecule is C[C@@H]1CNc2c(sc3ccc4nc(Oc5nc(Cl)ncc5CN5CCN(C)C(C)(C)C5=O)cnc4c23)C(=O)N1. The number of anilines is 1. The predicted octanol–water partition coefficient (Wildman–Crippen LogP) is 3.68. The summed E-state index contributed by atoms with van der Waals surface area (Å²) in [6.07, 6.45) is 3.09. The summed E-state index contributed by atoms with van der Waals surface area (Å²) in [7, 11) is 1.94. The Morgan fingerprint density at radius 1 is 1.18 bits per heavy atom. The van der Waals surface area contributed by atoms with E-state index in [2.05, 4.69) is 30.6 Å². The summed E-state index contributed by atoms with van der Waals surface area (Å²) >= 11 is 7.53. The second kappa shape index (κ2) is 9.54. The zero-order valence-corrected chi connectivity index (χ0v) is 23.5. The molecule has 2 amide bonds. The summed E-state index contributed by atoms with van der Waals surface area (Å²) in [4.78, 5) is 48.0. The maximum absolute atomic E-state index is 13.1. The van der Waals surface area contributed by atoms with Crippen LogP contribution in [0.4, 0.5) is 5.69 Å². The van der Waals surface area contributed by atoms with Gasteiger partial charge in [-0.3, -0.25) is 14.5 Å². The van der Waals surface area contributed by atoms with Crippen molar-refractivity contribution >= 4 is 61.6 Å². The van der Waals surface area contributed by atoms with Crippen molar-refractivity contribution in [1.29, 1.82) is 0 Å². The average molecular weight is 567 g/mol. The molecule has 202 valence electrons. The number of rotatable bonds is 4. The number of thiophene rings is 1. The van der Waals surface area contributed by atoms with E-state index in [4.69, 9.17) is 16.3 Å². The lowest BCUT2D eigenvalue weighted by Crippen LogP contribution is -2.61. The second-order valence-electron chi connectivity index (χ2n) is 10.4. The number of hydrogen-bond donors (Lipinski definition) is 2. The molecule has 0 radical (unpaired) electrons. The van der Waals surface area contributed by atoms with Crippen molar-refractivity contribution in [3.8, 4) is 11.8 Å². The van der Waals surface area contributed by atoms with E-state index in [-0.39, 0.29) is 41.4 Å². The predicted molar refractivity (Wildman–Crippen MR) is 150 cm³/mol. The van der Waals surface area contributed by atoms with Gasteiger partial charge < -0.3 is 20.3 Å². The molecular formula is C26H27ClN8O3S. The highest BCUT2D eigenvalue weighted by atomic mass is 35.5. The molecule has 3 aromatic heterocycles. The molecule has 2 aliphatic rings. The van der Waals surface area contributed by atoms with Gasteiger partial charge in [-0.1, -0.05) is 0 Å². The minimum Gasteiger partial charge on any atom is -0.418 e. The number of nitrogens with one attached hydrogen (secondary N) is 2. The number of piperazine rings is 1. The van der Waals surface area contributed by atoms with Gasteiger partial charge in [0.1, 0.15) is 4.88 Å². The Balaban J connectivity index is 1.33. The molecular weight excluding hydrogens is 540 g/mol. The van der Waals surface area contributed by atoms with E-state index >= 15 is 0 Å². The largest absolute Gasteiger partial charge is 0.418 e. The fourth-order valence-electron chi connectivity index (χ4n) is 4.85. The molecule has 6 rings (SSSR count). The van der Waals surface area contributed by atoms with Crippen LogP contribution in [0.3, 0.4) is 0 Å². The number of carbonyl (C=O) groups is 2. The van der Waals surface area contributed by atoms with Crippen LogP contribution in [0.1, 0.15) is 36.0 Å².